The molecule has 4 nitrogen and oxygen atoms in total. The van der Waals surface area contributed by atoms with Crippen LogP contribution in [0.2, 0.25) is 0 Å². The zero-order chi connectivity index (χ0) is 11.5. The molecule has 0 aliphatic carbocycles. The van der Waals surface area contributed by atoms with E-state index in [-0.39, 0.29) is 0 Å². The lowest BCUT2D eigenvalue weighted by molar-refractivity contribution is 0.310. The first kappa shape index (κ1) is 10.7. The van der Waals surface area contributed by atoms with Crippen LogP contribution >= 0.6 is 0 Å². The van der Waals surface area contributed by atoms with Crippen molar-refractivity contribution in [1.82, 2.24) is 10.3 Å². The normalized spacial score (nSPS) is 12.6. The molecule has 1 unspecified atom stereocenters. The van der Waals surface area contributed by atoms with Crippen molar-refractivity contribution < 1.29 is 4.63 Å². The van der Waals surface area contributed by atoms with Crippen LogP contribution in [0.3, 0.4) is 0 Å². The number of nitrogens with two attached hydrogens (primary N) is 1. The van der Waals surface area contributed by atoms with E-state index in [4.69, 9.17) is 5.73 Å². The molecule has 0 aliphatic rings. The van der Waals surface area contributed by atoms with Crippen LogP contribution < -0.4 is 5.73 Å². The summed E-state index contributed by atoms with van der Waals surface area (Å²) in [6.45, 7) is 4.39. The molecule has 2 aromatic rings. The minimum atomic E-state index is 0.330. The molecule has 84 valence electrons. The summed E-state index contributed by atoms with van der Waals surface area (Å²) in [4.78, 5) is 0. The topological polar surface area (TPSA) is 64.9 Å². The van der Waals surface area contributed by atoms with Crippen molar-refractivity contribution in [3.05, 3.63) is 29.8 Å². The predicted molar refractivity (Wildman–Crippen MR) is 62.9 cm³/mol. The van der Waals surface area contributed by atoms with Gasteiger partial charge >= 0.3 is 0 Å². The lowest BCUT2D eigenvalue weighted by Gasteiger charge is -2.08. The fourth-order valence-corrected chi connectivity index (χ4v) is 1.60. The zero-order valence-corrected chi connectivity index (χ0v) is 9.47. The molecule has 0 saturated carbocycles. The molecule has 0 aliphatic heterocycles. The van der Waals surface area contributed by atoms with Crippen molar-refractivity contribution in [2.45, 2.75) is 26.2 Å². The fourth-order valence-electron chi connectivity index (χ4n) is 1.60. The van der Waals surface area contributed by atoms with Crippen molar-refractivity contribution in [2.24, 2.45) is 0 Å². The molecule has 2 N–H and O–H groups in total. The molecule has 0 amide bonds. The van der Waals surface area contributed by atoms with Gasteiger partial charge in [-0.1, -0.05) is 38.1 Å². The summed E-state index contributed by atoms with van der Waals surface area (Å²) < 4.78 is 4.57. The number of rotatable bonds is 3. The Morgan fingerprint density at radius 1 is 1.25 bits per heavy atom. The Morgan fingerprint density at radius 2 is 1.94 bits per heavy atom. The van der Waals surface area contributed by atoms with Gasteiger partial charge in [0.15, 0.2) is 11.5 Å². The van der Waals surface area contributed by atoms with E-state index in [1.165, 1.54) is 5.56 Å². The van der Waals surface area contributed by atoms with Crippen LogP contribution in [-0.2, 0) is 0 Å². The number of benzene rings is 1. The van der Waals surface area contributed by atoms with Crippen LogP contribution in [0.1, 0.15) is 31.7 Å². The standard InChI is InChI=1S/C12H15N3O/c1-3-8(2)9-4-6-10(7-5-9)11-12(13)15-16-14-11/h4-8H,3H2,1-2H3,(H2,13,15). The van der Waals surface area contributed by atoms with Gasteiger partial charge < -0.3 is 5.73 Å². The molecule has 1 atom stereocenters. The van der Waals surface area contributed by atoms with E-state index in [0.717, 1.165) is 12.0 Å². The van der Waals surface area contributed by atoms with Crippen molar-refractivity contribution >= 4 is 5.82 Å². The molecule has 0 saturated heterocycles. The van der Waals surface area contributed by atoms with Crippen molar-refractivity contribution in [3.63, 3.8) is 0 Å². The van der Waals surface area contributed by atoms with Crippen molar-refractivity contribution in [1.29, 1.82) is 0 Å². The first-order valence-corrected chi connectivity index (χ1v) is 5.40. The van der Waals surface area contributed by atoms with Crippen LogP contribution in [0.25, 0.3) is 11.3 Å². The second-order valence-electron chi connectivity index (χ2n) is 3.93. The first-order chi connectivity index (χ1) is 7.72. The summed E-state index contributed by atoms with van der Waals surface area (Å²) in [5.74, 6) is 0.901. The van der Waals surface area contributed by atoms with Crippen LogP contribution in [-0.4, -0.2) is 10.3 Å². The Balaban J connectivity index is 2.30. The van der Waals surface area contributed by atoms with Gasteiger partial charge in [-0.3, -0.25) is 0 Å². The number of hydrogen-bond donors (Lipinski definition) is 1. The van der Waals surface area contributed by atoms with E-state index in [2.05, 4.69) is 40.9 Å². The van der Waals surface area contributed by atoms with Gasteiger partial charge in [0.1, 0.15) is 0 Å². The molecule has 1 heterocycles. The summed E-state index contributed by atoms with van der Waals surface area (Å²) in [5, 5.41) is 7.33. The fraction of sp³-hybridized carbons (Fsp3) is 0.333. The maximum atomic E-state index is 5.63. The van der Waals surface area contributed by atoms with Gasteiger partial charge in [0.25, 0.3) is 0 Å². The Labute approximate surface area is 94.4 Å². The molecule has 2 rings (SSSR count). The Morgan fingerprint density at radius 3 is 2.44 bits per heavy atom. The second kappa shape index (κ2) is 4.35. The average molecular weight is 217 g/mol. The number of hydrogen-bond acceptors (Lipinski definition) is 4. The molecule has 0 radical (unpaired) electrons. The largest absolute Gasteiger partial charge is 0.379 e. The molecule has 1 aromatic heterocycles. The van der Waals surface area contributed by atoms with Gasteiger partial charge in [-0.15, -0.1) is 0 Å². The smallest absolute Gasteiger partial charge is 0.196 e. The second-order valence-corrected chi connectivity index (χ2v) is 3.93. The average Bonchev–Trinajstić information content (AvgIpc) is 2.75. The predicted octanol–water partition coefficient (Wildman–Crippen LogP) is 2.83. The number of nitrogens with zero attached hydrogens (tertiary/aromatic N) is 2. The van der Waals surface area contributed by atoms with Gasteiger partial charge in [-0.25, -0.2) is 4.63 Å². The van der Waals surface area contributed by atoms with Crippen molar-refractivity contribution in [3.8, 4) is 11.3 Å². The maximum Gasteiger partial charge on any atom is 0.196 e. The van der Waals surface area contributed by atoms with Crippen LogP contribution in [0.15, 0.2) is 28.9 Å². The van der Waals surface area contributed by atoms with E-state index in [0.29, 0.717) is 17.4 Å². The van der Waals surface area contributed by atoms with Crippen LogP contribution in [0.5, 0.6) is 0 Å². The van der Waals surface area contributed by atoms with Gasteiger partial charge in [0.05, 0.1) is 0 Å². The molecular weight excluding hydrogens is 202 g/mol. The molecule has 4 heteroatoms. The lowest BCUT2D eigenvalue weighted by Crippen LogP contribution is -1.92. The highest BCUT2D eigenvalue weighted by Crippen LogP contribution is 2.25. The molecular formula is C12H15N3O. The highest BCUT2D eigenvalue weighted by Gasteiger charge is 2.09. The van der Waals surface area contributed by atoms with E-state index in [9.17, 15) is 0 Å². The molecule has 0 bridgehead atoms. The summed E-state index contributed by atoms with van der Waals surface area (Å²) in [7, 11) is 0. The number of nitrogen functional groups attached to an aromatic ring is 1. The lowest BCUT2D eigenvalue weighted by atomic mass is 9.97. The van der Waals surface area contributed by atoms with Crippen LogP contribution in [0, 0.1) is 0 Å². The van der Waals surface area contributed by atoms with E-state index >= 15 is 0 Å². The number of aromatic nitrogens is 2. The number of anilines is 1. The SMILES string of the molecule is CCC(C)c1ccc(-c2nonc2N)cc1. The van der Waals surface area contributed by atoms with Crippen molar-refractivity contribution in [2.75, 3.05) is 5.73 Å². The van der Waals surface area contributed by atoms with Gasteiger partial charge in [-0.05, 0) is 28.2 Å². The van der Waals surface area contributed by atoms with Crippen LogP contribution in [0.4, 0.5) is 5.82 Å². The summed E-state index contributed by atoms with van der Waals surface area (Å²) in [6.07, 6.45) is 1.13. The minimum absolute atomic E-state index is 0.330. The van der Waals surface area contributed by atoms with E-state index < -0.39 is 0 Å². The highest BCUT2D eigenvalue weighted by molar-refractivity contribution is 5.68. The minimum Gasteiger partial charge on any atom is -0.379 e. The monoisotopic (exact) mass is 217 g/mol. The Kier molecular flexibility index (Phi) is 2.90. The molecule has 1 aromatic carbocycles. The Hall–Kier alpha value is -1.84. The third kappa shape index (κ3) is 1.91. The third-order valence-corrected chi connectivity index (χ3v) is 2.88. The molecule has 0 spiro atoms. The molecule has 0 fully saturated rings. The van der Waals surface area contributed by atoms with Gasteiger partial charge in [-0.2, -0.15) is 0 Å². The quantitative estimate of drug-likeness (QED) is 0.858. The van der Waals surface area contributed by atoms with Gasteiger partial charge in [0.2, 0.25) is 0 Å². The zero-order valence-electron chi connectivity index (χ0n) is 9.47. The summed E-state index contributed by atoms with van der Waals surface area (Å²) in [6, 6.07) is 8.18. The Bertz CT molecular complexity index is 461. The summed E-state index contributed by atoms with van der Waals surface area (Å²) in [5.41, 5.74) is 8.49. The highest BCUT2D eigenvalue weighted by atomic mass is 16.6. The van der Waals surface area contributed by atoms with E-state index in [1.54, 1.807) is 0 Å². The maximum absolute atomic E-state index is 5.63. The van der Waals surface area contributed by atoms with E-state index in [1.807, 2.05) is 12.1 Å². The van der Waals surface area contributed by atoms with Gasteiger partial charge in [0, 0.05) is 5.56 Å². The first-order valence-electron chi connectivity index (χ1n) is 5.40. The molecule has 16 heavy (non-hydrogen) atoms. The summed E-state index contributed by atoms with van der Waals surface area (Å²) >= 11 is 0. The third-order valence-electron chi connectivity index (χ3n) is 2.88.